The van der Waals surface area contributed by atoms with E-state index in [0.29, 0.717) is 20.6 Å². The molecule has 0 aliphatic heterocycles. The van der Waals surface area contributed by atoms with Gasteiger partial charge in [-0.15, -0.1) is 11.3 Å². The van der Waals surface area contributed by atoms with Crippen LogP contribution < -0.4 is 5.32 Å². The highest BCUT2D eigenvalue weighted by Gasteiger charge is 2.20. The molecule has 0 aliphatic carbocycles. The number of benzene rings is 1. The van der Waals surface area contributed by atoms with Gasteiger partial charge in [-0.25, -0.2) is 4.79 Å². The van der Waals surface area contributed by atoms with Crippen molar-refractivity contribution in [2.24, 2.45) is 0 Å². The zero-order chi connectivity index (χ0) is 15.4. The number of thiophene rings is 1. The molecule has 7 heteroatoms. The molecular weight excluding hydrogens is 333 g/mol. The first kappa shape index (κ1) is 15.8. The van der Waals surface area contributed by atoms with Crippen molar-refractivity contribution >= 4 is 52.1 Å². The summed E-state index contributed by atoms with van der Waals surface area (Å²) < 4.78 is 5.08. The highest BCUT2D eigenvalue weighted by Crippen LogP contribution is 2.25. The van der Waals surface area contributed by atoms with Crippen LogP contribution in [0.3, 0.4) is 0 Å². The lowest BCUT2D eigenvalue weighted by Crippen LogP contribution is -2.29. The highest BCUT2D eigenvalue weighted by atomic mass is 35.5. The van der Waals surface area contributed by atoms with E-state index in [-0.39, 0.29) is 0 Å². The number of hydrogen-bond acceptors (Lipinski definition) is 4. The number of hydrogen-bond donors (Lipinski definition) is 1. The molecule has 110 valence electrons. The van der Waals surface area contributed by atoms with Crippen LogP contribution >= 0.6 is 34.5 Å². The van der Waals surface area contributed by atoms with Crippen LogP contribution in [0.1, 0.15) is 16.6 Å². The summed E-state index contributed by atoms with van der Waals surface area (Å²) in [5.74, 6) is -1.02. The molecule has 0 saturated carbocycles. The van der Waals surface area contributed by atoms with Gasteiger partial charge in [0.25, 0.3) is 5.91 Å². The Labute approximate surface area is 135 Å². The average molecular weight is 344 g/mol. The predicted molar refractivity (Wildman–Crippen MR) is 84.3 cm³/mol. The lowest BCUT2D eigenvalue weighted by Gasteiger charge is -2.14. The summed E-state index contributed by atoms with van der Waals surface area (Å²) >= 11 is 13.0. The quantitative estimate of drug-likeness (QED) is 0.844. The largest absolute Gasteiger partial charge is 0.448 e. The van der Waals surface area contributed by atoms with Crippen molar-refractivity contribution in [1.82, 2.24) is 0 Å². The summed E-state index contributed by atoms with van der Waals surface area (Å²) in [7, 11) is 0. The Morgan fingerprint density at radius 3 is 2.71 bits per heavy atom. The molecule has 0 fully saturated rings. The Morgan fingerprint density at radius 2 is 2.05 bits per heavy atom. The standard InChI is InChI=1S/C14H11Cl2NO3S/c1-8(20-14(19)12-3-2-6-21-12)13(18)17-11-7-9(15)4-5-10(11)16/h2-8H,1H3,(H,17,18)/t8-/m0/s1. The smallest absolute Gasteiger partial charge is 0.349 e. The molecule has 1 amide bonds. The molecule has 2 rings (SSSR count). The van der Waals surface area contributed by atoms with Crippen LogP contribution in [0.15, 0.2) is 35.7 Å². The van der Waals surface area contributed by atoms with Gasteiger partial charge in [0, 0.05) is 5.02 Å². The van der Waals surface area contributed by atoms with Crippen molar-refractivity contribution in [2.75, 3.05) is 5.32 Å². The lowest BCUT2D eigenvalue weighted by molar-refractivity contribution is -0.123. The van der Waals surface area contributed by atoms with Crippen LogP contribution in [-0.2, 0) is 9.53 Å². The third-order valence-corrected chi connectivity index (χ3v) is 3.98. The second-order valence-electron chi connectivity index (χ2n) is 4.14. The number of halogens is 2. The van der Waals surface area contributed by atoms with Gasteiger partial charge in [0.15, 0.2) is 6.10 Å². The Bertz CT molecular complexity index is 658. The van der Waals surface area contributed by atoms with Crippen molar-refractivity contribution in [3.8, 4) is 0 Å². The van der Waals surface area contributed by atoms with Gasteiger partial charge in [0.05, 0.1) is 10.7 Å². The predicted octanol–water partition coefficient (Wildman–Crippen LogP) is 4.24. The SMILES string of the molecule is C[C@H](OC(=O)c1cccs1)C(=O)Nc1cc(Cl)ccc1Cl. The zero-order valence-electron chi connectivity index (χ0n) is 10.9. The van der Waals surface area contributed by atoms with Crippen LogP contribution in [0.2, 0.25) is 10.0 Å². The van der Waals surface area contributed by atoms with Crippen LogP contribution in [0.5, 0.6) is 0 Å². The van der Waals surface area contributed by atoms with Crippen molar-refractivity contribution in [3.05, 3.63) is 50.6 Å². The van der Waals surface area contributed by atoms with Gasteiger partial charge in [-0.3, -0.25) is 4.79 Å². The van der Waals surface area contributed by atoms with Crippen molar-refractivity contribution < 1.29 is 14.3 Å². The number of ether oxygens (including phenoxy) is 1. The molecule has 4 nitrogen and oxygen atoms in total. The van der Waals surface area contributed by atoms with E-state index >= 15 is 0 Å². The molecule has 0 saturated heterocycles. The monoisotopic (exact) mass is 343 g/mol. The minimum absolute atomic E-state index is 0.351. The minimum Gasteiger partial charge on any atom is -0.448 e. The first-order valence-electron chi connectivity index (χ1n) is 5.98. The molecule has 1 heterocycles. The fourth-order valence-electron chi connectivity index (χ4n) is 1.49. The van der Waals surface area contributed by atoms with E-state index in [1.54, 1.807) is 29.6 Å². The van der Waals surface area contributed by atoms with Crippen LogP contribution in [0, 0.1) is 0 Å². The topological polar surface area (TPSA) is 55.4 Å². The molecule has 1 aromatic carbocycles. The molecular formula is C14H11Cl2NO3S. The molecule has 21 heavy (non-hydrogen) atoms. The number of anilines is 1. The van der Waals surface area contributed by atoms with Gasteiger partial charge in [0.2, 0.25) is 0 Å². The first-order valence-corrected chi connectivity index (χ1v) is 7.61. The van der Waals surface area contributed by atoms with E-state index in [2.05, 4.69) is 5.32 Å². The summed E-state index contributed by atoms with van der Waals surface area (Å²) in [4.78, 5) is 24.2. The van der Waals surface area contributed by atoms with Crippen LogP contribution in [0.4, 0.5) is 5.69 Å². The summed E-state index contributed by atoms with van der Waals surface area (Å²) in [6, 6.07) is 8.07. The molecule has 0 spiro atoms. The molecule has 1 atom stereocenters. The van der Waals surface area contributed by atoms with E-state index in [4.69, 9.17) is 27.9 Å². The second-order valence-corrected chi connectivity index (χ2v) is 5.93. The van der Waals surface area contributed by atoms with E-state index in [1.165, 1.54) is 24.3 Å². The zero-order valence-corrected chi connectivity index (χ0v) is 13.3. The Balaban J connectivity index is 1.99. The molecule has 0 aliphatic rings. The number of carbonyl (C=O) groups is 2. The van der Waals surface area contributed by atoms with Crippen LogP contribution in [-0.4, -0.2) is 18.0 Å². The van der Waals surface area contributed by atoms with Crippen molar-refractivity contribution in [3.63, 3.8) is 0 Å². The number of amides is 1. The molecule has 1 aromatic heterocycles. The van der Waals surface area contributed by atoms with Crippen LogP contribution in [0.25, 0.3) is 0 Å². The van der Waals surface area contributed by atoms with Gasteiger partial charge < -0.3 is 10.1 Å². The van der Waals surface area contributed by atoms with Gasteiger partial charge >= 0.3 is 5.97 Å². The lowest BCUT2D eigenvalue weighted by atomic mass is 10.3. The third-order valence-electron chi connectivity index (χ3n) is 2.56. The maximum absolute atomic E-state index is 12.0. The Morgan fingerprint density at radius 1 is 1.29 bits per heavy atom. The maximum Gasteiger partial charge on any atom is 0.349 e. The molecule has 1 N–H and O–H groups in total. The molecule has 0 bridgehead atoms. The molecule has 2 aromatic rings. The summed E-state index contributed by atoms with van der Waals surface area (Å²) in [6.45, 7) is 1.49. The normalized spacial score (nSPS) is 11.8. The van der Waals surface area contributed by atoms with E-state index < -0.39 is 18.0 Å². The van der Waals surface area contributed by atoms with E-state index in [0.717, 1.165) is 0 Å². The van der Waals surface area contributed by atoms with Gasteiger partial charge in [-0.05, 0) is 36.6 Å². The first-order chi connectivity index (χ1) is 9.97. The number of esters is 1. The van der Waals surface area contributed by atoms with E-state index in [9.17, 15) is 9.59 Å². The summed E-state index contributed by atoms with van der Waals surface area (Å²) in [5, 5.41) is 5.12. The maximum atomic E-state index is 12.0. The Hall–Kier alpha value is -1.56. The average Bonchev–Trinajstić information content (AvgIpc) is 2.97. The van der Waals surface area contributed by atoms with Gasteiger partial charge in [0.1, 0.15) is 4.88 Å². The van der Waals surface area contributed by atoms with Gasteiger partial charge in [-0.2, -0.15) is 0 Å². The summed E-state index contributed by atoms with van der Waals surface area (Å²) in [5.41, 5.74) is 0.369. The number of rotatable bonds is 4. The molecule has 0 unspecified atom stereocenters. The van der Waals surface area contributed by atoms with Crippen molar-refractivity contribution in [2.45, 2.75) is 13.0 Å². The van der Waals surface area contributed by atoms with E-state index in [1.807, 2.05) is 0 Å². The third kappa shape index (κ3) is 4.20. The number of carbonyl (C=O) groups excluding carboxylic acids is 2. The van der Waals surface area contributed by atoms with Gasteiger partial charge in [-0.1, -0.05) is 29.3 Å². The fraction of sp³-hybridized carbons (Fsp3) is 0.143. The highest BCUT2D eigenvalue weighted by molar-refractivity contribution is 7.11. The second kappa shape index (κ2) is 6.93. The Kier molecular flexibility index (Phi) is 5.22. The minimum atomic E-state index is -0.949. The molecule has 0 radical (unpaired) electrons. The number of nitrogens with one attached hydrogen (secondary N) is 1. The van der Waals surface area contributed by atoms with Crippen molar-refractivity contribution in [1.29, 1.82) is 0 Å². The summed E-state index contributed by atoms with van der Waals surface area (Å²) in [6.07, 6.45) is -0.949. The fourth-order valence-corrected chi connectivity index (χ4v) is 2.44.